The summed E-state index contributed by atoms with van der Waals surface area (Å²) in [5.74, 6) is 0.842. The van der Waals surface area contributed by atoms with Crippen molar-refractivity contribution in [2.75, 3.05) is 13.2 Å². The van der Waals surface area contributed by atoms with Gasteiger partial charge in [0, 0.05) is 19.3 Å². The van der Waals surface area contributed by atoms with Crippen LogP contribution in [0.5, 0.6) is 0 Å². The van der Waals surface area contributed by atoms with Crippen LogP contribution in [0.4, 0.5) is 0 Å². The quantitative estimate of drug-likeness (QED) is 0.0345. The Hall–Kier alpha value is -1.59. The zero-order valence-electron chi connectivity index (χ0n) is 40.4. The maximum atomic E-state index is 12.8. The second-order valence-electron chi connectivity index (χ2n) is 18.9. The predicted molar refractivity (Wildman–Crippen MR) is 252 cm³/mol. The molecule has 0 aliphatic carbocycles. The number of esters is 3. The van der Waals surface area contributed by atoms with E-state index in [4.69, 9.17) is 14.2 Å². The van der Waals surface area contributed by atoms with Crippen molar-refractivity contribution in [1.29, 1.82) is 0 Å². The van der Waals surface area contributed by atoms with Crippen LogP contribution in [0.25, 0.3) is 0 Å². The van der Waals surface area contributed by atoms with Crippen molar-refractivity contribution in [3.05, 3.63) is 0 Å². The van der Waals surface area contributed by atoms with Crippen LogP contribution >= 0.6 is 0 Å². The van der Waals surface area contributed by atoms with Crippen LogP contribution in [0.15, 0.2) is 0 Å². The van der Waals surface area contributed by atoms with Gasteiger partial charge in [0.05, 0.1) is 0 Å². The van der Waals surface area contributed by atoms with E-state index in [0.717, 1.165) is 69.6 Å². The van der Waals surface area contributed by atoms with Gasteiger partial charge in [-0.15, -0.1) is 0 Å². The predicted octanol–water partition coefficient (Wildman–Crippen LogP) is 16.9. The molecule has 6 nitrogen and oxygen atoms in total. The number of ether oxygens (including phenoxy) is 3. The summed E-state index contributed by atoms with van der Waals surface area (Å²) in [6.45, 7) is 11.4. The van der Waals surface area contributed by atoms with E-state index in [0.29, 0.717) is 19.3 Å². The molecule has 0 rings (SSSR count). The van der Waals surface area contributed by atoms with Crippen LogP contribution in [0.3, 0.4) is 0 Å². The third-order valence-electron chi connectivity index (χ3n) is 12.3. The molecule has 0 spiro atoms. The number of rotatable bonds is 47. The molecule has 0 fully saturated rings. The summed E-state index contributed by atoms with van der Waals surface area (Å²) in [4.78, 5) is 37.9. The molecule has 1 unspecified atom stereocenters. The third-order valence-corrected chi connectivity index (χ3v) is 12.3. The van der Waals surface area contributed by atoms with E-state index in [2.05, 4.69) is 34.6 Å². The smallest absolute Gasteiger partial charge is 0.306 e. The van der Waals surface area contributed by atoms with Crippen molar-refractivity contribution in [2.45, 2.75) is 298 Å². The van der Waals surface area contributed by atoms with Gasteiger partial charge in [0.1, 0.15) is 13.2 Å². The molecule has 0 aromatic carbocycles. The molecular weight excluding hydrogens is 733 g/mol. The van der Waals surface area contributed by atoms with Gasteiger partial charge in [-0.05, 0) is 31.1 Å². The number of carbonyl (C=O) groups excluding carboxylic acids is 3. The zero-order chi connectivity index (χ0) is 43.3. The lowest BCUT2D eigenvalue weighted by Crippen LogP contribution is -2.30. The van der Waals surface area contributed by atoms with Gasteiger partial charge < -0.3 is 14.2 Å². The molecule has 2 atom stereocenters. The standard InChI is InChI=1S/C53H102O6/c1-6-8-9-10-11-12-13-19-22-28-33-38-43-51(54)57-46-50(47-58-52(55)44-39-34-29-25-24-26-31-36-41-48(3)4)59-53(56)45-40-35-30-23-20-17-15-14-16-18-21-27-32-37-42-49(5)7-2/h48-50H,6-47H2,1-5H3/t49?,50-/m0/s1. The first kappa shape index (κ1) is 57.4. The fraction of sp³-hybridized carbons (Fsp3) is 0.943. The average molecular weight is 835 g/mol. The third kappa shape index (κ3) is 45.8. The van der Waals surface area contributed by atoms with Gasteiger partial charge >= 0.3 is 17.9 Å². The van der Waals surface area contributed by atoms with Gasteiger partial charge in [-0.3, -0.25) is 14.4 Å². The summed E-state index contributed by atoms with van der Waals surface area (Å²) in [6, 6.07) is 0. The van der Waals surface area contributed by atoms with E-state index in [1.807, 2.05) is 0 Å². The zero-order valence-corrected chi connectivity index (χ0v) is 40.4. The fourth-order valence-corrected chi connectivity index (χ4v) is 7.96. The Morgan fingerprint density at radius 3 is 0.966 bits per heavy atom. The van der Waals surface area contributed by atoms with Gasteiger partial charge in [-0.2, -0.15) is 0 Å². The van der Waals surface area contributed by atoms with Crippen molar-refractivity contribution in [3.8, 4) is 0 Å². The fourth-order valence-electron chi connectivity index (χ4n) is 7.96. The maximum Gasteiger partial charge on any atom is 0.306 e. The largest absolute Gasteiger partial charge is 0.462 e. The van der Waals surface area contributed by atoms with E-state index in [-0.39, 0.29) is 31.1 Å². The second kappa shape index (κ2) is 45.9. The highest BCUT2D eigenvalue weighted by molar-refractivity contribution is 5.71. The monoisotopic (exact) mass is 835 g/mol. The summed E-state index contributed by atoms with van der Waals surface area (Å²) in [5, 5.41) is 0. The first-order valence-corrected chi connectivity index (χ1v) is 26.3. The molecule has 59 heavy (non-hydrogen) atoms. The Kier molecular flexibility index (Phi) is 44.7. The Morgan fingerprint density at radius 2 is 0.644 bits per heavy atom. The lowest BCUT2D eigenvalue weighted by molar-refractivity contribution is -0.167. The summed E-state index contributed by atoms with van der Waals surface area (Å²) < 4.78 is 16.8. The second-order valence-corrected chi connectivity index (χ2v) is 18.9. The van der Waals surface area contributed by atoms with E-state index in [1.165, 1.54) is 180 Å². The molecule has 0 aliphatic rings. The highest BCUT2D eigenvalue weighted by Crippen LogP contribution is 2.18. The molecule has 350 valence electrons. The van der Waals surface area contributed by atoms with Crippen molar-refractivity contribution in [1.82, 2.24) is 0 Å². The molecule has 0 amide bonds. The lowest BCUT2D eigenvalue weighted by atomic mass is 9.99. The Bertz CT molecular complexity index is 902. The summed E-state index contributed by atoms with van der Waals surface area (Å²) >= 11 is 0. The first-order valence-electron chi connectivity index (χ1n) is 26.3. The van der Waals surface area contributed by atoms with Gasteiger partial charge in [-0.1, -0.05) is 253 Å². The van der Waals surface area contributed by atoms with Crippen LogP contribution in [0, 0.1) is 11.8 Å². The topological polar surface area (TPSA) is 78.9 Å². The van der Waals surface area contributed by atoms with E-state index < -0.39 is 6.10 Å². The normalized spacial score (nSPS) is 12.5. The Labute approximate surface area is 368 Å². The van der Waals surface area contributed by atoms with E-state index >= 15 is 0 Å². The SMILES string of the molecule is CCCCCCCCCCCCCCC(=O)OC[C@@H](COC(=O)CCCCCCCCCCC(C)C)OC(=O)CCCCCCCCCCCCCCCCC(C)CC. The van der Waals surface area contributed by atoms with Crippen LogP contribution in [0.2, 0.25) is 0 Å². The molecule has 0 aromatic rings. The minimum atomic E-state index is -0.761. The Balaban J connectivity index is 4.29. The summed E-state index contributed by atoms with van der Waals surface area (Å²) in [5.41, 5.74) is 0. The molecule has 0 saturated heterocycles. The van der Waals surface area contributed by atoms with Crippen molar-refractivity contribution < 1.29 is 28.6 Å². The van der Waals surface area contributed by atoms with E-state index in [1.54, 1.807) is 0 Å². The molecule has 0 saturated carbocycles. The highest BCUT2D eigenvalue weighted by atomic mass is 16.6. The van der Waals surface area contributed by atoms with Crippen LogP contribution in [0.1, 0.15) is 291 Å². The molecule has 0 bridgehead atoms. The summed E-state index contributed by atoms with van der Waals surface area (Å²) in [7, 11) is 0. The van der Waals surface area contributed by atoms with Crippen LogP contribution in [-0.4, -0.2) is 37.2 Å². The number of unbranched alkanes of at least 4 members (excludes halogenated alkanes) is 31. The van der Waals surface area contributed by atoms with E-state index in [9.17, 15) is 14.4 Å². The van der Waals surface area contributed by atoms with Gasteiger partial charge in [0.2, 0.25) is 0 Å². The van der Waals surface area contributed by atoms with Crippen LogP contribution in [-0.2, 0) is 28.6 Å². The van der Waals surface area contributed by atoms with Gasteiger partial charge in [-0.25, -0.2) is 0 Å². The van der Waals surface area contributed by atoms with Crippen molar-refractivity contribution >= 4 is 17.9 Å². The minimum absolute atomic E-state index is 0.0638. The lowest BCUT2D eigenvalue weighted by Gasteiger charge is -2.18. The highest BCUT2D eigenvalue weighted by Gasteiger charge is 2.19. The maximum absolute atomic E-state index is 12.8. The summed E-state index contributed by atoms with van der Waals surface area (Å²) in [6.07, 6.45) is 46.6. The molecule has 0 heterocycles. The van der Waals surface area contributed by atoms with Gasteiger partial charge in [0.15, 0.2) is 6.10 Å². The molecule has 0 radical (unpaired) electrons. The Morgan fingerprint density at radius 1 is 0.356 bits per heavy atom. The molecule has 0 N–H and O–H groups in total. The first-order chi connectivity index (χ1) is 28.8. The van der Waals surface area contributed by atoms with Gasteiger partial charge in [0.25, 0.3) is 0 Å². The van der Waals surface area contributed by atoms with Crippen molar-refractivity contribution in [3.63, 3.8) is 0 Å². The minimum Gasteiger partial charge on any atom is -0.462 e. The molecular formula is C53H102O6. The number of carbonyl (C=O) groups is 3. The number of hydrogen-bond donors (Lipinski definition) is 0. The molecule has 0 aliphatic heterocycles. The molecule has 6 heteroatoms. The van der Waals surface area contributed by atoms with Crippen LogP contribution < -0.4 is 0 Å². The number of hydrogen-bond acceptors (Lipinski definition) is 6. The molecule has 0 aromatic heterocycles. The average Bonchev–Trinajstić information content (AvgIpc) is 3.22. The van der Waals surface area contributed by atoms with Crippen molar-refractivity contribution in [2.24, 2.45) is 11.8 Å².